The summed E-state index contributed by atoms with van der Waals surface area (Å²) in [5.41, 5.74) is 11.1. The second kappa shape index (κ2) is 14.5. The molecule has 13 rings (SSSR count). The monoisotopic (exact) mass is 832 g/mol. The maximum atomic E-state index is 6.44. The summed E-state index contributed by atoms with van der Waals surface area (Å²) in [5.74, 6) is 0. The van der Waals surface area contributed by atoms with E-state index in [1.807, 2.05) is 12.1 Å². The second-order valence-electron chi connectivity index (χ2n) is 16.8. The van der Waals surface area contributed by atoms with Gasteiger partial charge in [-0.05, 0) is 80.9 Å². The van der Waals surface area contributed by atoms with E-state index in [0.717, 1.165) is 50.0 Å². The van der Waals surface area contributed by atoms with Crippen LogP contribution in [0.2, 0.25) is 0 Å². The van der Waals surface area contributed by atoms with Gasteiger partial charge in [-0.25, -0.2) is 0 Å². The Morgan fingerprint density at radius 3 is 1.53 bits per heavy atom. The van der Waals surface area contributed by atoms with Gasteiger partial charge in [-0.3, -0.25) is 0 Å². The van der Waals surface area contributed by atoms with Crippen molar-refractivity contribution in [2.24, 2.45) is 0 Å². The van der Waals surface area contributed by atoms with Crippen LogP contribution in [0.25, 0.3) is 88.1 Å². The van der Waals surface area contributed by atoms with Crippen LogP contribution in [0.15, 0.2) is 247 Å². The first-order chi connectivity index (χ1) is 31.8. The van der Waals surface area contributed by atoms with Crippen LogP contribution >= 0.6 is 0 Å². The van der Waals surface area contributed by atoms with E-state index >= 15 is 0 Å². The van der Waals surface area contributed by atoms with E-state index < -0.39 is 8.07 Å². The summed E-state index contributed by atoms with van der Waals surface area (Å²) in [4.78, 5) is 0. The molecule has 0 aliphatic heterocycles. The second-order valence-corrected chi connectivity index (χ2v) is 20.6. The van der Waals surface area contributed by atoms with Gasteiger partial charge < -0.3 is 13.6 Å². The average molecular weight is 833 g/mol. The molecule has 3 nitrogen and oxygen atoms in total. The molecule has 0 radical (unpaired) electrons. The van der Waals surface area contributed by atoms with Gasteiger partial charge in [0.05, 0.1) is 27.8 Å². The summed E-state index contributed by atoms with van der Waals surface area (Å²) in [6.07, 6.45) is 0. The first-order valence-electron chi connectivity index (χ1n) is 22.0. The van der Waals surface area contributed by atoms with Gasteiger partial charge in [-0.2, -0.15) is 0 Å². The van der Waals surface area contributed by atoms with Crippen molar-refractivity contribution in [3.63, 3.8) is 0 Å². The molecule has 3 heterocycles. The number of aromatic nitrogens is 2. The summed E-state index contributed by atoms with van der Waals surface area (Å²) in [6.45, 7) is 0. The number of benzene rings is 10. The Morgan fingerprint density at radius 1 is 0.328 bits per heavy atom. The van der Waals surface area contributed by atoms with Crippen LogP contribution in [0.3, 0.4) is 0 Å². The number of hydrogen-bond acceptors (Lipinski definition) is 1. The van der Waals surface area contributed by atoms with Crippen molar-refractivity contribution in [1.29, 1.82) is 0 Å². The molecule has 0 aliphatic rings. The normalized spacial score (nSPS) is 12.1. The lowest BCUT2D eigenvalue weighted by Crippen LogP contribution is -2.74. The van der Waals surface area contributed by atoms with Crippen LogP contribution in [-0.2, 0) is 0 Å². The SMILES string of the molecule is c1ccc([Si](c2ccccc2)(c2ccccc2)c2ccc(-n3c4ccccc4c4c(-n5c6ccccc6c6cccc(-c7ccc8c(c7)oc7ccccc78)c65)cccc43)cc2)cc1. The summed E-state index contributed by atoms with van der Waals surface area (Å²) in [6, 6.07) is 89.2. The molecule has 0 amide bonds. The largest absolute Gasteiger partial charge is 0.456 e. The molecular weight excluding hydrogens is 793 g/mol. The van der Waals surface area contributed by atoms with Crippen LogP contribution in [0.4, 0.5) is 0 Å². The summed E-state index contributed by atoms with van der Waals surface area (Å²) in [7, 11) is -2.69. The molecular formula is C60H40N2OSi. The Bertz CT molecular complexity index is 3790. The molecule has 0 fully saturated rings. The van der Waals surface area contributed by atoms with E-state index in [4.69, 9.17) is 4.42 Å². The molecule has 0 aliphatic carbocycles. The van der Waals surface area contributed by atoms with Crippen molar-refractivity contribution in [2.75, 3.05) is 0 Å². The van der Waals surface area contributed by atoms with Gasteiger partial charge in [-0.15, -0.1) is 0 Å². The first-order valence-corrected chi connectivity index (χ1v) is 24.0. The van der Waals surface area contributed by atoms with Gasteiger partial charge >= 0.3 is 0 Å². The van der Waals surface area contributed by atoms with Crippen LogP contribution in [0, 0.1) is 0 Å². The van der Waals surface area contributed by atoms with Crippen LogP contribution in [0.5, 0.6) is 0 Å². The van der Waals surface area contributed by atoms with E-state index in [2.05, 4.69) is 240 Å². The zero-order valence-electron chi connectivity index (χ0n) is 34.9. The molecule has 10 aromatic carbocycles. The van der Waals surface area contributed by atoms with Crippen molar-refractivity contribution >= 4 is 94.4 Å². The number of furan rings is 1. The van der Waals surface area contributed by atoms with E-state index in [1.165, 1.54) is 58.8 Å². The number of hydrogen-bond donors (Lipinski definition) is 0. The van der Waals surface area contributed by atoms with Crippen molar-refractivity contribution in [2.45, 2.75) is 0 Å². The smallest absolute Gasteiger partial charge is 0.179 e. The van der Waals surface area contributed by atoms with Crippen molar-refractivity contribution in [3.05, 3.63) is 243 Å². The third-order valence-corrected chi connectivity index (χ3v) is 18.3. The fourth-order valence-electron chi connectivity index (χ4n) is 10.8. The Labute approximate surface area is 371 Å². The molecule has 0 saturated carbocycles. The number of rotatable bonds is 7. The Kier molecular flexibility index (Phi) is 8.23. The maximum Gasteiger partial charge on any atom is 0.179 e. The van der Waals surface area contributed by atoms with Crippen molar-refractivity contribution < 1.29 is 4.42 Å². The van der Waals surface area contributed by atoms with Crippen molar-refractivity contribution in [3.8, 4) is 22.5 Å². The number of nitrogens with zero attached hydrogens (tertiary/aromatic N) is 2. The third-order valence-electron chi connectivity index (χ3n) is 13.5. The number of fused-ring (bicyclic) bond motifs is 9. The molecule has 4 heteroatoms. The molecule has 0 unspecified atom stereocenters. The predicted molar refractivity (Wildman–Crippen MR) is 271 cm³/mol. The lowest BCUT2D eigenvalue weighted by molar-refractivity contribution is 0.669. The standard InChI is InChI=1S/C60H40N2OSi/c1-4-18-43(19-5-1)64(44-20-6-2-7-21-44,45-22-8-3-9-23-45)46-37-35-42(36-38-46)61-54-30-14-11-26-52(54)59-55(61)31-17-32-56(59)62-53-29-13-10-24-48(53)51-28-16-27-47(60(51)62)41-34-39-50-49-25-12-15-33-57(49)63-58(50)40-41/h1-40H. The highest BCUT2D eigenvalue weighted by molar-refractivity contribution is 7.19. The average Bonchev–Trinajstić information content (AvgIpc) is 4.03. The molecule has 0 bridgehead atoms. The summed E-state index contributed by atoms with van der Waals surface area (Å²) < 4.78 is 11.4. The molecule has 13 aromatic rings. The highest BCUT2D eigenvalue weighted by atomic mass is 28.3. The molecule has 3 aromatic heterocycles. The van der Waals surface area contributed by atoms with Gasteiger partial charge in [0.2, 0.25) is 0 Å². The van der Waals surface area contributed by atoms with Crippen LogP contribution in [-0.4, -0.2) is 17.2 Å². The van der Waals surface area contributed by atoms with Crippen LogP contribution < -0.4 is 20.7 Å². The molecule has 0 saturated heterocycles. The fraction of sp³-hybridized carbons (Fsp3) is 0. The zero-order valence-corrected chi connectivity index (χ0v) is 35.9. The van der Waals surface area contributed by atoms with E-state index in [0.29, 0.717) is 0 Å². The first kappa shape index (κ1) is 36.5. The Balaban J connectivity index is 1.04. The lowest BCUT2D eigenvalue weighted by Gasteiger charge is -2.34. The molecule has 64 heavy (non-hydrogen) atoms. The fourth-order valence-corrected chi connectivity index (χ4v) is 15.5. The van der Waals surface area contributed by atoms with E-state index in [9.17, 15) is 0 Å². The maximum absolute atomic E-state index is 6.44. The predicted octanol–water partition coefficient (Wildman–Crippen LogP) is 12.8. The van der Waals surface area contributed by atoms with Gasteiger partial charge in [-0.1, -0.05) is 188 Å². The quantitative estimate of drug-likeness (QED) is 0.116. The molecule has 0 atom stereocenters. The molecule has 300 valence electrons. The lowest BCUT2D eigenvalue weighted by atomic mass is 10.0. The minimum atomic E-state index is -2.69. The van der Waals surface area contributed by atoms with Gasteiger partial charge in [0, 0.05) is 43.6 Å². The molecule has 0 N–H and O–H groups in total. The Morgan fingerprint density at radius 2 is 0.844 bits per heavy atom. The Hall–Kier alpha value is -8.18. The molecule has 0 spiro atoms. The van der Waals surface area contributed by atoms with Crippen LogP contribution in [0.1, 0.15) is 0 Å². The minimum absolute atomic E-state index is 0.894. The zero-order chi connectivity index (χ0) is 42.2. The third kappa shape index (κ3) is 5.33. The van der Waals surface area contributed by atoms with E-state index in [-0.39, 0.29) is 0 Å². The minimum Gasteiger partial charge on any atom is -0.456 e. The van der Waals surface area contributed by atoms with Crippen molar-refractivity contribution in [1.82, 2.24) is 9.13 Å². The topological polar surface area (TPSA) is 23.0 Å². The summed E-state index contributed by atoms with van der Waals surface area (Å²) in [5, 5.41) is 12.6. The van der Waals surface area contributed by atoms with E-state index in [1.54, 1.807) is 0 Å². The van der Waals surface area contributed by atoms with Gasteiger partial charge in [0.25, 0.3) is 0 Å². The summed E-state index contributed by atoms with van der Waals surface area (Å²) >= 11 is 0. The highest BCUT2D eigenvalue weighted by Crippen LogP contribution is 2.43. The van der Waals surface area contributed by atoms with Gasteiger partial charge in [0.15, 0.2) is 8.07 Å². The number of para-hydroxylation sites is 4. The van der Waals surface area contributed by atoms with Gasteiger partial charge in [0.1, 0.15) is 11.2 Å². The highest BCUT2D eigenvalue weighted by Gasteiger charge is 2.41.